The van der Waals surface area contributed by atoms with Crippen molar-refractivity contribution in [2.75, 3.05) is 17.2 Å². The molecule has 14 heavy (non-hydrogen) atoms. The summed E-state index contributed by atoms with van der Waals surface area (Å²) in [7, 11) is 0. The molecule has 0 bridgehead atoms. The van der Waals surface area contributed by atoms with E-state index in [-0.39, 0.29) is 0 Å². The molecule has 0 spiro atoms. The smallest absolute Gasteiger partial charge is 0.149 e. The van der Waals surface area contributed by atoms with Gasteiger partial charge in [-0.1, -0.05) is 6.92 Å². The molecule has 76 valence electrons. The zero-order chi connectivity index (χ0) is 10.1. The molecule has 2 unspecified atom stereocenters. The Bertz CT molecular complexity index is 326. The summed E-state index contributed by atoms with van der Waals surface area (Å²) in [6.45, 7) is 5.53. The van der Waals surface area contributed by atoms with Crippen LogP contribution in [0, 0.1) is 5.92 Å². The molecule has 0 radical (unpaired) electrons. The van der Waals surface area contributed by atoms with Crippen molar-refractivity contribution in [3.63, 3.8) is 0 Å². The maximum Gasteiger partial charge on any atom is 0.149 e. The number of nitrogens with two attached hydrogens (primary N) is 1. The van der Waals surface area contributed by atoms with Crippen molar-refractivity contribution < 1.29 is 0 Å². The second kappa shape index (κ2) is 3.44. The summed E-state index contributed by atoms with van der Waals surface area (Å²) in [4.78, 5) is 10.6. The molecule has 4 heteroatoms. The molecule has 1 fully saturated rings. The highest BCUT2D eigenvalue weighted by Crippen LogP contribution is 2.26. The number of rotatable bonds is 1. The fourth-order valence-corrected chi connectivity index (χ4v) is 2.13. The summed E-state index contributed by atoms with van der Waals surface area (Å²) in [6.07, 6.45) is 4.58. The van der Waals surface area contributed by atoms with Gasteiger partial charge in [0.25, 0.3) is 0 Å². The van der Waals surface area contributed by atoms with Crippen LogP contribution in [-0.4, -0.2) is 22.6 Å². The molecule has 1 saturated heterocycles. The molecule has 1 aliphatic rings. The number of hydrogen-bond acceptors (Lipinski definition) is 4. The molecule has 0 aromatic carbocycles. The highest BCUT2D eigenvalue weighted by Gasteiger charge is 2.27. The maximum atomic E-state index is 5.61. The molecule has 2 N–H and O–H groups in total. The molecule has 0 aliphatic carbocycles. The van der Waals surface area contributed by atoms with Crippen LogP contribution in [0.4, 0.5) is 11.6 Å². The molecule has 4 nitrogen and oxygen atoms in total. The van der Waals surface area contributed by atoms with Gasteiger partial charge in [0.15, 0.2) is 0 Å². The van der Waals surface area contributed by atoms with Gasteiger partial charge >= 0.3 is 0 Å². The third kappa shape index (κ3) is 1.64. The first-order valence-electron chi connectivity index (χ1n) is 5.01. The monoisotopic (exact) mass is 192 g/mol. The van der Waals surface area contributed by atoms with Gasteiger partial charge in [-0.2, -0.15) is 0 Å². The van der Waals surface area contributed by atoms with Gasteiger partial charge < -0.3 is 10.6 Å². The molecule has 0 saturated carbocycles. The predicted molar refractivity (Wildman–Crippen MR) is 57.0 cm³/mol. The van der Waals surface area contributed by atoms with E-state index in [1.54, 1.807) is 12.4 Å². The molecule has 2 rings (SSSR count). The molecule has 2 heterocycles. The van der Waals surface area contributed by atoms with Crippen LogP contribution in [0.25, 0.3) is 0 Å². The molecule has 2 atom stereocenters. The lowest BCUT2D eigenvalue weighted by atomic mass is 10.1. The molecule has 0 amide bonds. The van der Waals surface area contributed by atoms with E-state index in [1.165, 1.54) is 6.42 Å². The lowest BCUT2D eigenvalue weighted by molar-refractivity contribution is 0.625. The molecular formula is C10H16N4. The Morgan fingerprint density at radius 2 is 2.21 bits per heavy atom. The standard InChI is InChI=1S/C10H16N4/c1-7-3-8(2)14(6-7)10-5-12-4-9(11)13-10/h4-5,7-8H,3,6H2,1-2H3,(H2,11,13). The third-order valence-electron chi connectivity index (χ3n) is 2.72. The van der Waals surface area contributed by atoms with E-state index in [0.717, 1.165) is 18.3 Å². The minimum Gasteiger partial charge on any atom is -0.382 e. The molecule has 1 aromatic heterocycles. The molecule has 1 aromatic rings. The minimum absolute atomic E-state index is 0.495. The minimum atomic E-state index is 0.495. The second-order valence-electron chi connectivity index (χ2n) is 4.14. The SMILES string of the molecule is CC1CC(C)N(c2cncc(N)n2)C1. The van der Waals surface area contributed by atoms with Crippen molar-refractivity contribution in [3.8, 4) is 0 Å². The van der Waals surface area contributed by atoms with Gasteiger partial charge in [0.1, 0.15) is 11.6 Å². The Morgan fingerprint density at radius 3 is 2.79 bits per heavy atom. The van der Waals surface area contributed by atoms with Gasteiger partial charge in [0, 0.05) is 12.6 Å². The van der Waals surface area contributed by atoms with Crippen molar-refractivity contribution in [1.29, 1.82) is 0 Å². The average molecular weight is 192 g/mol. The topological polar surface area (TPSA) is 55.0 Å². The number of hydrogen-bond donors (Lipinski definition) is 1. The fraction of sp³-hybridized carbons (Fsp3) is 0.600. The third-order valence-corrected chi connectivity index (χ3v) is 2.72. The number of nitrogen functional groups attached to an aromatic ring is 1. The number of anilines is 2. The Labute approximate surface area is 84.2 Å². The van der Waals surface area contributed by atoms with Gasteiger partial charge in [-0.3, -0.25) is 4.98 Å². The highest BCUT2D eigenvalue weighted by molar-refractivity contribution is 5.43. The van der Waals surface area contributed by atoms with Crippen LogP contribution in [0.15, 0.2) is 12.4 Å². The first-order chi connectivity index (χ1) is 6.66. The van der Waals surface area contributed by atoms with Gasteiger partial charge in [-0.15, -0.1) is 0 Å². The Kier molecular flexibility index (Phi) is 2.27. The van der Waals surface area contributed by atoms with E-state index in [4.69, 9.17) is 5.73 Å². The Hall–Kier alpha value is -1.32. The second-order valence-corrected chi connectivity index (χ2v) is 4.14. The van der Waals surface area contributed by atoms with Gasteiger partial charge in [-0.05, 0) is 19.3 Å². The van der Waals surface area contributed by atoms with E-state index in [9.17, 15) is 0 Å². The van der Waals surface area contributed by atoms with Crippen LogP contribution in [0.1, 0.15) is 20.3 Å². The first kappa shape index (κ1) is 9.24. The summed E-state index contributed by atoms with van der Waals surface area (Å²) in [5, 5.41) is 0. The largest absolute Gasteiger partial charge is 0.382 e. The summed E-state index contributed by atoms with van der Waals surface area (Å²) < 4.78 is 0. The van der Waals surface area contributed by atoms with Crippen LogP contribution in [0.2, 0.25) is 0 Å². The number of nitrogens with zero attached hydrogens (tertiary/aromatic N) is 3. The Morgan fingerprint density at radius 1 is 1.43 bits per heavy atom. The zero-order valence-corrected chi connectivity index (χ0v) is 8.64. The zero-order valence-electron chi connectivity index (χ0n) is 8.64. The van der Waals surface area contributed by atoms with Crippen LogP contribution >= 0.6 is 0 Å². The number of aromatic nitrogens is 2. The van der Waals surface area contributed by atoms with E-state index in [1.807, 2.05) is 0 Å². The van der Waals surface area contributed by atoms with Crippen molar-refractivity contribution in [2.45, 2.75) is 26.3 Å². The van der Waals surface area contributed by atoms with Crippen molar-refractivity contribution in [3.05, 3.63) is 12.4 Å². The summed E-state index contributed by atoms with van der Waals surface area (Å²) in [5.74, 6) is 2.13. The summed E-state index contributed by atoms with van der Waals surface area (Å²) >= 11 is 0. The lowest BCUT2D eigenvalue weighted by Gasteiger charge is -2.22. The van der Waals surface area contributed by atoms with E-state index in [0.29, 0.717) is 11.9 Å². The van der Waals surface area contributed by atoms with Crippen molar-refractivity contribution >= 4 is 11.6 Å². The average Bonchev–Trinajstić information content (AvgIpc) is 2.45. The van der Waals surface area contributed by atoms with Gasteiger partial charge in [0.2, 0.25) is 0 Å². The normalized spacial score (nSPS) is 26.9. The van der Waals surface area contributed by atoms with Gasteiger partial charge in [0.05, 0.1) is 12.4 Å². The van der Waals surface area contributed by atoms with E-state index in [2.05, 4.69) is 28.7 Å². The summed E-state index contributed by atoms with van der Waals surface area (Å²) in [5.41, 5.74) is 5.61. The van der Waals surface area contributed by atoms with Crippen LogP contribution in [0.3, 0.4) is 0 Å². The fourth-order valence-electron chi connectivity index (χ4n) is 2.13. The van der Waals surface area contributed by atoms with Crippen LogP contribution in [0.5, 0.6) is 0 Å². The predicted octanol–water partition coefficient (Wildman–Crippen LogP) is 1.29. The van der Waals surface area contributed by atoms with Crippen LogP contribution in [-0.2, 0) is 0 Å². The molecule has 1 aliphatic heterocycles. The maximum absolute atomic E-state index is 5.61. The quantitative estimate of drug-likeness (QED) is 0.728. The van der Waals surface area contributed by atoms with Crippen LogP contribution < -0.4 is 10.6 Å². The van der Waals surface area contributed by atoms with E-state index < -0.39 is 0 Å². The lowest BCUT2D eigenvalue weighted by Crippen LogP contribution is -2.27. The Balaban J connectivity index is 2.23. The van der Waals surface area contributed by atoms with Gasteiger partial charge in [-0.25, -0.2) is 4.98 Å². The summed E-state index contributed by atoms with van der Waals surface area (Å²) in [6, 6.07) is 0.543. The van der Waals surface area contributed by atoms with E-state index >= 15 is 0 Å². The van der Waals surface area contributed by atoms with Crippen molar-refractivity contribution in [2.24, 2.45) is 5.92 Å². The first-order valence-corrected chi connectivity index (χ1v) is 5.01. The highest BCUT2D eigenvalue weighted by atomic mass is 15.2. The van der Waals surface area contributed by atoms with Crippen molar-refractivity contribution in [1.82, 2.24) is 9.97 Å². The molecular weight excluding hydrogens is 176 g/mol.